The van der Waals surface area contributed by atoms with Crippen LogP contribution in [0.25, 0.3) is 6.08 Å². The fourth-order valence-corrected chi connectivity index (χ4v) is 3.87. The van der Waals surface area contributed by atoms with E-state index in [0.717, 1.165) is 35.1 Å². The van der Waals surface area contributed by atoms with Crippen LogP contribution >= 0.6 is 0 Å². The predicted octanol–water partition coefficient (Wildman–Crippen LogP) is 3.92. The van der Waals surface area contributed by atoms with Gasteiger partial charge in [0.2, 0.25) is 5.91 Å². The van der Waals surface area contributed by atoms with Crippen LogP contribution in [-0.2, 0) is 14.8 Å². The third-order valence-corrected chi connectivity index (χ3v) is 5.32. The molecule has 1 N–H and O–H groups in total. The molecule has 0 radical (unpaired) electrons. The van der Waals surface area contributed by atoms with Crippen molar-refractivity contribution in [3.8, 4) is 0 Å². The van der Waals surface area contributed by atoms with Gasteiger partial charge in [0.15, 0.2) is 0 Å². The number of anilines is 2. The van der Waals surface area contributed by atoms with E-state index >= 15 is 0 Å². The van der Waals surface area contributed by atoms with Crippen LogP contribution in [0.1, 0.15) is 30.4 Å². The first-order valence-corrected chi connectivity index (χ1v) is 10.2. The maximum Gasteiger partial charge on any atom is 0.255 e. The summed E-state index contributed by atoms with van der Waals surface area (Å²) in [5.41, 5.74) is 3.01. The number of carbonyl (C=O) groups excluding carboxylic acids is 1. The second-order valence-corrected chi connectivity index (χ2v) is 7.93. The van der Waals surface area contributed by atoms with Gasteiger partial charge in [0.05, 0.1) is 5.41 Å². The number of aryl methyl sites for hydroxylation is 1. The highest BCUT2D eigenvalue weighted by Crippen LogP contribution is 2.27. The van der Waals surface area contributed by atoms with E-state index in [-0.39, 0.29) is 5.91 Å². The number of rotatable bonds is 5. The molecule has 26 heavy (non-hydrogen) atoms. The SMILES string of the molecule is Cc1cc(NS(=O)(=O)/C=C/c2ccccc2)ccc1N1CCCCC1=O. The molecule has 0 atom stereocenters. The van der Waals surface area contributed by atoms with Gasteiger partial charge in [-0.1, -0.05) is 30.3 Å². The molecule has 1 fully saturated rings. The Morgan fingerprint density at radius 2 is 1.85 bits per heavy atom. The lowest BCUT2D eigenvalue weighted by Crippen LogP contribution is -2.35. The second-order valence-electron chi connectivity index (χ2n) is 6.36. The minimum atomic E-state index is -3.61. The van der Waals surface area contributed by atoms with E-state index < -0.39 is 10.0 Å². The van der Waals surface area contributed by atoms with Gasteiger partial charge in [-0.3, -0.25) is 9.52 Å². The van der Waals surface area contributed by atoms with Gasteiger partial charge in [-0.25, -0.2) is 8.42 Å². The highest BCUT2D eigenvalue weighted by Gasteiger charge is 2.21. The Kier molecular flexibility index (Phi) is 5.42. The van der Waals surface area contributed by atoms with Crippen LogP contribution < -0.4 is 9.62 Å². The number of hydrogen-bond donors (Lipinski definition) is 1. The summed E-state index contributed by atoms with van der Waals surface area (Å²) in [5.74, 6) is 0.124. The van der Waals surface area contributed by atoms with Crippen LogP contribution in [0.15, 0.2) is 53.9 Å². The molecule has 0 aromatic heterocycles. The van der Waals surface area contributed by atoms with Crippen molar-refractivity contribution in [1.82, 2.24) is 0 Å². The highest BCUT2D eigenvalue weighted by molar-refractivity contribution is 7.95. The molecule has 1 saturated heterocycles. The van der Waals surface area contributed by atoms with Crippen molar-refractivity contribution in [2.24, 2.45) is 0 Å². The number of benzene rings is 2. The van der Waals surface area contributed by atoms with Gasteiger partial charge >= 0.3 is 0 Å². The van der Waals surface area contributed by atoms with E-state index in [9.17, 15) is 13.2 Å². The zero-order valence-electron chi connectivity index (χ0n) is 14.7. The van der Waals surface area contributed by atoms with Crippen LogP contribution in [0.2, 0.25) is 0 Å². The molecule has 1 amide bonds. The molecule has 5 nitrogen and oxygen atoms in total. The van der Waals surface area contributed by atoms with Crippen molar-refractivity contribution in [2.45, 2.75) is 26.2 Å². The zero-order chi connectivity index (χ0) is 18.6. The zero-order valence-corrected chi connectivity index (χ0v) is 15.5. The number of sulfonamides is 1. The molecule has 1 aliphatic rings. The third kappa shape index (κ3) is 4.52. The number of nitrogens with one attached hydrogen (secondary N) is 1. The quantitative estimate of drug-likeness (QED) is 0.867. The third-order valence-electron chi connectivity index (χ3n) is 4.31. The number of amides is 1. The predicted molar refractivity (Wildman–Crippen MR) is 105 cm³/mol. The van der Waals surface area contributed by atoms with Gasteiger partial charge in [0, 0.05) is 24.3 Å². The second kappa shape index (κ2) is 7.74. The lowest BCUT2D eigenvalue weighted by Gasteiger charge is -2.28. The number of piperidine rings is 1. The molecular formula is C20H22N2O3S. The molecule has 3 rings (SSSR count). The number of hydrogen-bond acceptors (Lipinski definition) is 3. The Bertz CT molecular complexity index is 921. The summed E-state index contributed by atoms with van der Waals surface area (Å²) < 4.78 is 27.1. The van der Waals surface area contributed by atoms with Crippen molar-refractivity contribution in [1.29, 1.82) is 0 Å². The highest BCUT2D eigenvalue weighted by atomic mass is 32.2. The van der Waals surface area contributed by atoms with E-state index in [1.54, 1.807) is 29.2 Å². The molecule has 0 unspecified atom stereocenters. The van der Waals surface area contributed by atoms with Crippen molar-refractivity contribution < 1.29 is 13.2 Å². The topological polar surface area (TPSA) is 66.5 Å². The van der Waals surface area contributed by atoms with Crippen molar-refractivity contribution in [2.75, 3.05) is 16.2 Å². The standard InChI is InChI=1S/C20H22N2O3S/c1-16-15-18(10-11-19(16)22-13-6-5-9-20(22)23)21-26(24,25)14-12-17-7-3-2-4-8-17/h2-4,7-8,10-12,14-15,21H,5-6,9,13H2,1H3/b14-12+. The van der Waals surface area contributed by atoms with E-state index in [1.807, 2.05) is 37.3 Å². The van der Waals surface area contributed by atoms with Crippen LogP contribution in [0.4, 0.5) is 11.4 Å². The normalized spacial score (nSPS) is 15.4. The van der Waals surface area contributed by atoms with Crippen LogP contribution in [0.5, 0.6) is 0 Å². The summed E-state index contributed by atoms with van der Waals surface area (Å²) in [7, 11) is -3.61. The Morgan fingerprint density at radius 1 is 1.08 bits per heavy atom. The fourth-order valence-electron chi connectivity index (χ4n) is 3.01. The van der Waals surface area contributed by atoms with E-state index in [0.29, 0.717) is 18.7 Å². The first-order chi connectivity index (χ1) is 12.4. The minimum absolute atomic E-state index is 0.124. The Hall–Kier alpha value is -2.60. The number of nitrogens with zero attached hydrogens (tertiary/aromatic N) is 1. The first kappa shape index (κ1) is 18.2. The fraction of sp³-hybridized carbons (Fsp3) is 0.250. The molecule has 2 aromatic rings. The molecule has 0 aliphatic carbocycles. The van der Waals surface area contributed by atoms with Crippen molar-refractivity contribution in [3.63, 3.8) is 0 Å². The maximum absolute atomic E-state index is 12.3. The summed E-state index contributed by atoms with van der Waals surface area (Å²) in [4.78, 5) is 13.9. The molecule has 136 valence electrons. The summed E-state index contributed by atoms with van der Waals surface area (Å²) in [6.07, 6.45) is 4.04. The molecule has 6 heteroatoms. The van der Waals surface area contributed by atoms with E-state index in [2.05, 4.69) is 4.72 Å². The average molecular weight is 370 g/mol. The lowest BCUT2D eigenvalue weighted by atomic mass is 10.1. The van der Waals surface area contributed by atoms with Gasteiger partial charge in [-0.05, 0) is 55.2 Å². The molecule has 1 heterocycles. The van der Waals surface area contributed by atoms with Crippen molar-refractivity contribution >= 4 is 33.4 Å². The Labute approximate surface area is 154 Å². The first-order valence-electron chi connectivity index (χ1n) is 8.62. The maximum atomic E-state index is 12.3. The van der Waals surface area contributed by atoms with Gasteiger partial charge < -0.3 is 4.90 Å². The van der Waals surface area contributed by atoms with Gasteiger partial charge in [-0.15, -0.1) is 0 Å². The minimum Gasteiger partial charge on any atom is -0.312 e. The molecule has 1 aliphatic heterocycles. The summed E-state index contributed by atoms with van der Waals surface area (Å²) in [6, 6.07) is 14.5. The summed E-state index contributed by atoms with van der Waals surface area (Å²) in [5, 5.41) is 1.15. The molecular weight excluding hydrogens is 348 g/mol. The van der Waals surface area contributed by atoms with Crippen LogP contribution in [0.3, 0.4) is 0 Å². The molecule has 0 bridgehead atoms. The lowest BCUT2D eigenvalue weighted by molar-refractivity contribution is -0.119. The monoisotopic (exact) mass is 370 g/mol. The van der Waals surface area contributed by atoms with Crippen LogP contribution in [0, 0.1) is 6.92 Å². The van der Waals surface area contributed by atoms with Crippen molar-refractivity contribution in [3.05, 3.63) is 65.1 Å². The largest absolute Gasteiger partial charge is 0.312 e. The van der Waals surface area contributed by atoms with Gasteiger partial charge in [0.25, 0.3) is 10.0 Å². The summed E-state index contributed by atoms with van der Waals surface area (Å²) in [6.45, 7) is 2.60. The Morgan fingerprint density at radius 3 is 2.54 bits per heavy atom. The van der Waals surface area contributed by atoms with Crippen LogP contribution in [-0.4, -0.2) is 20.9 Å². The van der Waals surface area contributed by atoms with Gasteiger partial charge in [-0.2, -0.15) is 0 Å². The number of carbonyl (C=O) groups is 1. The van der Waals surface area contributed by atoms with E-state index in [1.165, 1.54) is 0 Å². The molecule has 2 aromatic carbocycles. The van der Waals surface area contributed by atoms with E-state index in [4.69, 9.17) is 0 Å². The summed E-state index contributed by atoms with van der Waals surface area (Å²) >= 11 is 0. The Balaban J connectivity index is 1.75. The average Bonchev–Trinajstić information content (AvgIpc) is 2.62. The smallest absolute Gasteiger partial charge is 0.255 e. The van der Waals surface area contributed by atoms with Gasteiger partial charge in [0.1, 0.15) is 0 Å². The molecule has 0 saturated carbocycles. The molecule has 0 spiro atoms.